The van der Waals surface area contributed by atoms with Crippen LogP contribution in [0.15, 0.2) is 0 Å². The number of methoxy groups -OCH3 is 2. The fourth-order valence-corrected chi connectivity index (χ4v) is 1.16. The topological polar surface area (TPSA) is 39.7 Å². The Morgan fingerprint density at radius 1 is 1.45 bits per heavy atom. The molecule has 0 aliphatic carbocycles. The molecule has 1 saturated heterocycles. The van der Waals surface area contributed by atoms with Gasteiger partial charge in [-0.2, -0.15) is 0 Å². The van der Waals surface area contributed by atoms with Crippen molar-refractivity contribution < 1.29 is 14.2 Å². The van der Waals surface area contributed by atoms with E-state index in [1.165, 1.54) is 0 Å². The molecule has 1 aliphatic rings. The lowest BCUT2D eigenvalue weighted by atomic mass is 10.3. The van der Waals surface area contributed by atoms with Gasteiger partial charge in [0.05, 0.1) is 6.61 Å². The fourth-order valence-electron chi connectivity index (χ4n) is 1.16. The number of rotatable bonds is 3. The van der Waals surface area contributed by atoms with Gasteiger partial charge in [0.1, 0.15) is 6.10 Å². The molecular weight excluding hydrogens is 146 g/mol. The van der Waals surface area contributed by atoms with Crippen molar-refractivity contribution in [2.24, 2.45) is 0 Å². The summed E-state index contributed by atoms with van der Waals surface area (Å²) >= 11 is 0. The zero-order valence-corrected chi connectivity index (χ0v) is 7.00. The standard InChI is InChI=1S/C7H15NO3/c1-9-7(10-2)6-5-8-3-4-11-6/h6-8H,3-5H2,1-2H3/t6-/m1/s1. The molecule has 0 spiro atoms. The van der Waals surface area contributed by atoms with Crippen molar-refractivity contribution in [2.75, 3.05) is 33.9 Å². The average molecular weight is 161 g/mol. The van der Waals surface area contributed by atoms with E-state index in [-0.39, 0.29) is 12.4 Å². The first-order valence-corrected chi connectivity index (χ1v) is 3.76. The lowest BCUT2D eigenvalue weighted by molar-refractivity contribution is -0.185. The van der Waals surface area contributed by atoms with Gasteiger partial charge in [-0.1, -0.05) is 0 Å². The van der Waals surface area contributed by atoms with Crippen LogP contribution < -0.4 is 5.32 Å². The second-order valence-electron chi connectivity index (χ2n) is 2.45. The number of ether oxygens (including phenoxy) is 3. The third-order valence-corrected chi connectivity index (χ3v) is 1.72. The summed E-state index contributed by atoms with van der Waals surface area (Å²) in [6.45, 7) is 2.44. The van der Waals surface area contributed by atoms with E-state index in [0.717, 1.165) is 19.7 Å². The molecule has 1 N–H and O–H groups in total. The first kappa shape index (κ1) is 8.93. The summed E-state index contributed by atoms with van der Waals surface area (Å²) in [4.78, 5) is 0. The molecule has 1 atom stereocenters. The van der Waals surface area contributed by atoms with Gasteiger partial charge in [0.15, 0.2) is 6.29 Å². The Labute approximate surface area is 66.8 Å². The van der Waals surface area contributed by atoms with Crippen LogP contribution in [0.25, 0.3) is 0 Å². The van der Waals surface area contributed by atoms with E-state index in [9.17, 15) is 0 Å². The van der Waals surface area contributed by atoms with Gasteiger partial charge in [-0.15, -0.1) is 0 Å². The van der Waals surface area contributed by atoms with Crippen molar-refractivity contribution in [1.82, 2.24) is 5.32 Å². The van der Waals surface area contributed by atoms with Gasteiger partial charge in [-0.05, 0) is 0 Å². The lowest BCUT2D eigenvalue weighted by Gasteiger charge is -2.28. The summed E-state index contributed by atoms with van der Waals surface area (Å²) in [7, 11) is 3.23. The minimum absolute atomic E-state index is 0.0266. The second kappa shape index (κ2) is 4.66. The smallest absolute Gasteiger partial charge is 0.184 e. The average Bonchev–Trinajstić information content (AvgIpc) is 2.09. The molecule has 1 aliphatic heterocycles. The number of morpholine rings is 1. The molecule has 4 heteroatoms. The summed E-state index contributed by atoms with van der Waals surface area (Å²) < 4.78 is 15.5. The Kier molecular flexibility index (Phi) is 3.79. The Balaban J connectivity index is 2.30. The molecule has 1 heterocycles. The highest BCUT2D eigenvalue weighted by atomic mass is 16.7. The summed E-state index contributed by atoms with van der Waals surface area (Å²) in [6.07, 6.45) is -0.221. The van der Waals surface area contributed by atoms with Gasteiger partial charge in [-0.25, -0.2) is 0 Å². The number of nitrogens with one attached hydrogen (secondary N) is 1. The first-order chi connectivity index (χ1) is 5.38. The van der Waals surface area contributed by atoms with Crippen LogP contribution in [0.1, 0.15) is 0 Å². The molecule has 0 unspecified atom stereocenters. The van der Waals surface area contributed by atoms with Crippen LogP contribution in [-0.4, -0.2) is 46.3 Å². The van der Waals surface area contributed by atoms with Crippen LogP contribution >= 0.6 is 0 Å². The van der Waals surface area contributed by atoms with Crippen LogP contribution in [-0.2, 0) is 14.2 Å². The van der Waals surface area contributed by atoms with Gasteiger partial charge in [-0.3, -0.25) is 0 Å². The Hall–Kier alpha value is -0.160. The van der Waals surface area contributed by atoms with Crippen molar-refractivity contribution in [3.05, 3.63) is 0 Å². The van der Waals surface area contributed by atoms with Crippen LogP contribution in [0.5, 0.6) is 0 Å². The summed E-state index contributed by atoms with van der Waals surface area (Å²) in [5, 5.41) is 3.20. The van der Waals surface area contributed by atoms with Gasteiger partial charge in [0.2, 0.25) is 0 Å². The normalized spacial score (nSPS) is 25.9. The molecule has 0 radical (unpaired) electrons. The molecule has 66 valence electrons. The van der Waals surface area contributed by atoms with Crippen molar-refractivity contribution in [3.63, 3.8) is 0 Å². The monoisotopic (exact) mass is 161 g/mol. The first-order valence-electron chi connectivity index (χ1n) is 3.76. The van der Waals surface area contributed by atoms with E-state index < -0.39 is 0 Å². The van der Waals surface area contributed by atoms with Gasteiger partial charge >= 0.3 is 0 Å². The number of hydrogen-bond donors (Lipinski definition) is 1. The van der Waals surface area contributed by atoms with E-state index >= 15 is 0 Å². The fraction of sp³-hybridized carbons (Fsp3) is 1.00. The zero-order chi connectivity index (χ0) is 8.10. The largest absolute Gasteiger partial charge is 0.370 e. The van der Waals surface area contributed by atoms with Crippen molar-refractivity contribution in [1.29, 1.82) is 0 Å². The van der Waals surface area contributed by atoms with Crippen LogP contribution in [0.3, 0.4) is 0 Å². The molecule has 0 aromatic carbocycles. The molecule has 0 amide bonds. The minimum atomic E-state index is -0.247. The van der Waals surface area contributed by atoms with Gasteiger partial charge in [0, 0.05) is 27.3 Å². The second-order valence-corrected chi connectivity index (χ2v) is 2.45. The quantitative estimate of drug-likeness (QED) is 0.571. The SMILES string of the molecule is COC(OC)[C@H]1CNCCO1. The molecular formula is C7H15NO3. The highest BCUT2D eigenvalue weighted by Crippen LogP contribution is 2.05. The van der Waals surface area contributed by atoms with Gasteiger partial charge < -0.3 is 19.5 Å². The van der Waals surface area contributed by atoms with Crippen molar-refractivity contribution in [3.8, 4) is 0 Å². The van der Waals surface area contributed by atoms with Crippen molar-refractivity contribution >= 4 is 0 Å². The van der Waals surface area contributed by atoms with Crippen LogP contribution in [0.4, 0.5) is 0 Å². The maximum Gasteiger partial charge on any atom is 0.184 e. The summed E-state index contributed by atoms with van der Waals surface area (Å²) in [5.41, 5.74) is 0. The third kappa shape index (κ3) is 2.41. The van der Waals surface area contributed by atoms with Crippen molar-refractivity contribution in [2.45, 2.75) is 12.4 Å². The van der Waals surface area contributed by atoms with E-state index in [2.05, 4.69) is 5.32 Å². The molecule has 0 aromatic rings. The van der Waals surface area contributed by atoms with Crippen LogP contribution in [0.2, 0.25) is 0 Å². The maximum absolute atomic E-state index is 5.41. The van der Waals surface area contributed by atoms with Crippen LogP contribution in [0, 0.1) is 0 Å². The Morgan fingerprint density at radius 2 is 2.18 bits per heavy atom. The molecule has 1 rings (SSSR count). The lowest BCUT2D eigenvalue weighted by Crippen LogP contribution is -2.46. The van der Waals surface area contributed by atoms with E-state index in [0.29, 0.717) is 0 Å². The minimum Gasteiger partial charge on any atom is -0.370 e. The molecule has 0 bridgehead atoms. The van der Waals surface area contributed by atoms with E-state index in [4.69, 9.17) is 14.2 Å². The van der Waals surface area contributed by atoms with E-state index in [1.54, 1.807) is 14.2 Å². The number of hydrogen-bond acceptors (Lipinski definition) is 4. The predicted molar refractivity (Wildman–Crippen MR) is 40.4 cm³/mol. The molecule has 0 saturated carbocycles. The summed E-state index contributed by atoms with van der Waals surface area (Å²) in [5.74, 6) is 0. The van der Waals surface area contributed by atoms with E-state index in [1.807, 2.05) is 0 Å². The molecule has 0 aromatic heterocycles. The summed E-state index contributed by atoms with van der Waals surface area (Å²) in [6, 6.07) is 0. The Bertz CT molecular complexity index is 99.9. The Morgan fingerprint density at radius 3 is 2.64 bits per heavy atom. The maximum atomic E-state index is 5.41. The highest BCUT2D eigenvalue weighted by molar-refractivity contribution is 4.69. The zero-order valence-electron chi connectivity index (χ0n) is 7.00. The molecule has 4 nitrogen and oxygen atoms in total. The van der Waals surface area contributed by atoms with Gasteiger partial charge in [0.25, 0.3) is 0 Å². The predicted octanol–water partition coefficient (Wildman–Crippen LogP) is -0.406. The third-order valence-electron chi connectivity index (χ3n) is 1.72. The molecule has 11 heavy (non-hydrogen) atoms. The molecule has 1 fully saturated rings. The highest BCUT2D eigenvalue weighted by Gasteiger charge is 2.23.